The quantitative estimate of drug-likeness (QED) is 0.439. The number of hydrogen-bond acceptors (Lipinski definition) is 1. The number of allylic oxidation sites excluding steroid dienone is 2. The summed E-state index contributed by atoms with van der Waals surface area (Å²) >= 11 is 0. The van der Waals surface area contributed by atoms with Gasteiger partial charge in [-0.3, -0.25) is 0 Å². The van der Waals surface area contributed by atoms with Gasteiger partial charge in [-0.15, -0.1) is 0 Å². The average molecular weight is 427 g/mol. The molecule has 0 aliphatic heterocycles. The summed E-state index contributed by atoms with van der Waals surface area (Å²) in [6.07, 6.45) is 17.6. The van der Waals surface area contributed by atoms with Crippen molar-refractivity contribution < 1.29 is 5.11 Å². The summed E-state index contributed by atoms with van der Waals surface area (Å²) < 4.78 is 0. The SMILES string of the molecule is CC(C)CCCC(C)C1CCC2(C)C3=CCC4C(C)(C)C(O)CCC45CC35CCC12C. The van der Waals surface area contributed by atoms with Gasteiger partial charge in [-0.25, -0.2) is 0 Å². The number of hydrogen-bond donors (Lipinski definition) is 1. The van der Waals surface area contributed by atoms with E-state index in [4.69, 9.17) is 0 Å². The fourth-order valence-corrected chi connectivity index (χ4v) is 10.5. The van der Waals surface area contributed by atoms with Crippen LogP contribution in [0.3, 0.4) is 0 Å². The molecule has 4 saturated carbocycles. The van der Waals surface area contributed by atoms with Crippen LogP contribution in [0.25, 0.3) is 0 Å². The standard InChI is InChI=1S/C30H50O/c1-20(2)9-8-10-21(3)22-13-15-28(7)24-12-11-23-26(4,5)25(31)14-16-29(23)19-30(24,29)18-17-27(22,28)6/h12,20-23,25,31H,8-11,13-19H2,1-7H3. The minimum Gasteiger partial charge on any atom is -0.393 e. The smallest absolute Gasteiger partial charge is 0.0594 e. The predicted molar refractivity (Wildman–Crippen MR) is 131 cm³/mol. The summed E-state index contributed by atoms with van der Waals surface area (Å²) in [7, 11) is 0. The fraction of sp³-hybridized carbons (Fsp3) is 0.933. The first-order valence-corrected chi connectivity index (χ1v) is 13.8. The maximum atomic E-state index is 10.8. The van der Waals surface area contributed by atoms with Crippen molar-refractivity contribution in [3.8, 4) is 0 Å². The summed E-state index contributed by atoms with van der Waals surface area (Å²) in [4.78, 5) is 0. The molecule has 176 valence electrons. The predicted octanol–water partition coefficient (Wildman–Crippen LogP) is 8.17. The summed E-state index contributed by atoms with van der Waals surface area (Å²) in [5, 5.41) is 10.8. The van der Waals surface area contributed by atoms with Gasteiger partial charge in [0.1, 0.15) is 0 Å². The van der Waals surface area contributed by atoms with Crippen LogP contribution >= 0.6 is 0 Å². The first kappa shape index (κ1) is 22.5. The topological polar surface area (TPSA) is 20.2 Å². The molecule has 5 aliphatic rings. The van der Waals surface area contributed by atoms with Crippen molar-refractivity contribution in [3.05, 3.63) is 11.6 Å². The van der Waals surface area contributed by atoms with E-state index >= 15 is 0 Å². The molecule has 0 radical (unpaired) electrons. The molecule has 2 spiro atoms. The Morgan fingerprint density at radius 1 is 0.968 bits per heavy atom. The van der Waals surface area contributed by atoms with E-state index < -0.39 is 0 Å². The zero-order valence-electron chi connectivity index (χ0n) is 21.7. The largest absolute Gasteiger partial charge is 0.393 e. The highest BCUT2D eigenvalue weighted by atomic mass is 16.3. The Labute approximate surface area is 192 Å². The molecule has 4 fully saturated rings. The van der Waals surface area contributed by atoms with Crippen molar-refractivity contribution in [1.82, 2.24) is 0 Å². The van der Waals surface area contributed by atoms with E-state index in [0.29, 0.717) is 27.6 Å². The molecule has 0 bridgehead atoms. The van der Waals surface area contributed by atoms with Gasteiger partial charge in [0, 0.05) is 0 Å². The molecule has 8 unspecified atom stereocenters. The highest BCUT2D eigenvalue weighted by Gasteiger charge is 2.80. The lowest BCUT2D eigenvalue weighted by atomic mass is 9.45. The van der Waals surface area contributed by atoms with Crippen molar-refractivity contribution in [3.63, 3.8) is 0 Å². The van der Waals surface area contributed by atoms with Crippen LogP contribution in [-0.2, 0) is 0 Å². The van der Waals surface area contributed by atoms with E-state index in [1.807, 2.05) is 5.57 Å². The molecular formula is C30H50O. The van der Waals surface area contributed by atoms with Gasteiger partial charge >= 0.3 is 0 Å². The van der Waals surface area contributed by atoms with E-state index in [1.165, 1.54) is 64.2 Å². The monoisotopic (exact) mass is 426 g/mol. The van der Waals surface area contributed by atoms with E-state index in [2.05, 4.69) is 54.5 Å². The van der Waals surface area contributed by atoms with Crippen molar-refractivity contribution in [1.29, 1.82) is 0 Å². The highest BCUT2D eigenvalue weighted by Crippen LogP contribution is 2.87. The number of rotatable bonds is 5. The van der Waals surface area contributed by atoms with Crippen LogP contribution in [0.4, 0.5) is 0 Å². The lowest BCUT2D eigenvalue weighted by Crippen LogP contribution is -2.53. The summed E-state index contributed by atoms with van der Waals surface area (Å²) in [6, 6.07) is 0. The Morgan fingerprint density at radius 3 is 2.42 bits per heavy atom. The van der Waals surface area contributed by atoms with Gasteiger partial charge in [0.15, 0.2) is 0 Å². The number of aliphatic hydroxyl groups excluding tert-OH is 1. The first-order chi connectivity index (χ1) is 14.4. The molecule has 5 rings (SSSR count). The van der Waals surface area contributed by atoms with Gasteiger partial charge in [-0.1, -0.05) is 79.4 Å². The second kappa shape index (κ2) is 6.86. The molecule has 0 aromatic heterocycles. The number of aliphatic hydroxyl groups is 1. The molecule has 8 atom stereocenters. The van der Waals surface area contributed by atoms with Crippen LogP contribution in [-0.4, -0.2) is 11.2 Å². The van der Waals surface area contributed by atoms with Gasteiger partial charge < -0.3 is 5.11 Å². The number of fused-ring (bicyclic) bond motifs is 2. The molecule has 5 aliphatic carbocycles. The average Bonchev–Trinajstić information content (AvgIpc) is 3.27. The van der Waals surface area contributed by atoms with Crippen molar-refractivity contribution in [2.24, 2.45) is 50.7 Å². The molecule has 0 aromatic rings. The lowest BCUT2D eigenvalue weighted by molar-refractivity contribution is -0.0905. The molecule has 0 heterocycles. The Morgan fingerprint density at radius 2 is 1.71 bits per heavy atom. The zero-order valence-corrected chi connectivity index (χ0v) is 21.7. The maximum absolute atomic E-state index is 10.8. The maximum Gasteiger partial charge on any atom is 0.0594 e. The first-order valence-electron chi connectivity index (χ1n) is 13.8. The van der Waals surface area contributed by atoms with Crippen LogP contribution in [0.5, 0.6) is 0 Å². The third kappa shape index (κ3) is 2.71. The lowest BCUT2D eigenvalue weighted by Gasteiger charge is -2.60. The van der Waals surface area contributed by atoms with Crippen LogP contribution in [0.15, 0.2) is 11.6 Å². The van der Waals surface area contributed by atoms with E-state index in [1.54, 1.807) is 0 Å². The molecule has 0 aromatic carbocycles. The van der Waals surface area contributed by atoms with Crippen molar-refractivity contribution in [2.45, 2.75) is 125 Å². The van der Waals surface area contributed by atoms with Crippen LogP contribution < -0.4 is 0 Å². The van der Waals surface area contributed by atoms with Crippen LogP contribution in [0, 0.1) is 50.7 Å². The van der Waals surface area contributed by atoms with Crippen molar-refractivity contribution >= 4 is 0 Å². The highest BCUT2D eigenvalue weighted by molar-refractivity contribution is 5.45. The summed E-state index contributed by atoms with van der Waals surface area (Å²) in [6.45, 7) is 17.5. The molecule has 1 N–H and O–H groups in total. The molecule has 0 saturated heterocycles. The normalized spacial score (nSPS) is 50.7. The minimum absolute atomic E-state index is 0.0780. The zero-order chi connectivity index (χ0) is 22.4. The third-order valence-corrected chi connectivity index (χ3v) is 12.6. The Hall–Kier alpha value is -0.300. The van der Waals surface area contributed by atoms with Gasteiger partial charge in [-0.05, 0) is 102 Å². The Balaban J connectivity index is 1.43. The molecule has 0 amide bonds. The Kier molecular flexibility index (Phi) is 4.98. The van der Waals surface area contributed by atoms with Gasteiger partial charge in [0.25, 0.3) is 0 Å². The second-order valence-corrected chi connectivity index (χ2v) is 14.4. The summed E-state index contributed by atoms with van der Waals surface area (Å²) in [5.41, 5.74) is 3.91. The summed E-state index contributed by atoms with van der Waals surface area (Å²) in [5.74, 6) is 3.30. The molecule has 1 heteroatoms. The van der Waals surface area contributed by atoms with Gasteiger partial charge in [-0.2, -0.15) is 0 Å². The molecular weight excluding hydrogens is 376 g/mol. The second-order valence-electron chi connectivity index (χ2n) is 14.4. The van der Waals surface area contributed by atoms with E-state index in [-0.39, 0.29) is 11.5 Å². The van der Waals surface area contributed by atoms with E-state index in [9.17, 15) is 5.11 Å². The van der Waals surface area contributed by atoms with Crippen molar-refractivity contribution in [2.75, 3.05) is 0 Å². The van der Waals surface area contributed by atoms with Crippen LogP contribution in [0.1, 0.15) is 119 Å². The van der Waals surface area contributed by atoms with Gasteiger partial charge in [0.2, 0.25) is 0 Å². The molecule has 31 heavy (non-hydrogen) atoms. The molecule has 1 nitrogen and oxygen atoms in total. The minimum atomic E-state index is -0.109. The Bertz CT molecular complexity index is 762. The third-order valence-electron chi connectivity index (χ3n) is 12.6. The van der Waals surface area contributed by atoms with Gasteiger partial charge in [0.05, 0.1) is 6.10 Å². The van der Waals surface area contributed by atoms with Crippen LogP contribution in [0.2, 0.25) is 0 Å². The van der Waals surface area contributed by atoms with E-state index in [0.717, 1.165) is 24.2 Å². The fourth-order valence-electron chi connectivity index (χ4n) is 10.5.